The molecule has 0 spiro atoms. The van der Waals surface area contributed by atoms with Crippen LogP contribution in [0.2, 0.25) is 5.02 Å². The van der Waals surface area contributed by atoms with Crippen molar-refractivity contribution in [2.75, 3.05) is 26.2 Å². The van der Waals surface area contributed by atoms with E-state index >= 15 is 0 Å². The molecule has 1 aromatic rings. The highest BCUT2D eigenvalue weighted by Crippen LogP contribution is 2.14. The van der Waals surface area contributed by atoms with Crippen LogP contribution in [0, 0.1) is 11.8 Å². The highest BCUT2D eigenvalue weighted by atomic mass is 35.5. The van der Waals surface area contributed by atoms with Gasteiger partial charge < -0.3 is 9.64 Å². The van der Waals surface area contributed by atoms with Gasteiger partial charge in [0.25, 0.3) is 0 Å². The summed E-state index contributed by atoms with van der Waals surface area (Å²) in [5, 5.41) is 0.723. The van der Waals surface area contributed by atoms with Gasteiger partial charge in [0.05, 0.1) is 13.1 Å². The van der Waals surface area contributed by atoms with Gasteiger partial charge in [-0.1, -0.05) is 17.5 Å². The first-order valence-corrected chi connectivity index (χ1v) is 6.40. The highest BCUT2D eigenvalue weighted by molar-refractivity contribution is 6.30. The zero-order valence-corrected chi connectivity index (χ0v) is 10.6. The van der Waals surface area contributed by atoms with Crippen molar-refractivity contribution in [3.05, 3.63) is 29.3 Å². The van der Waals surface area contributed by atoms with E-state index in [2.05, 4.69) is 11.8 Å². The maximum atomic E-state index is 5.78. The second kappa shape index (κ2) is 6.54. The van der Waals surface area contributed by atoms with E-state index < -0.39 is 0 Å². The molecule has 1 N–H and O–H groups in total. The highest BCUT2D eigenvalue weighted by Gasteiger charge is 2.12. The number of nitrogens with one attached hydrogen (secondary N) is 1. The van der Waals surface area contributed by atoms with Crippen LogP contribution in [0.15, 0.2) is 24.3 Å². The molecule has 1 aromatic carbocycles. The van der Waals surface area contributed by atoms with Gasteiger partial charge in [-0.25, -0.2) is 0 Å². The summed E-state index contributed by atoms with van der Waals surface area (Å²) < 4.78 is 5.48. The van der Waals surface area contributed by atoms with E-state index in [1.54, 1.807) is 4.90 Å². The maximum Gasteiger partial charge on any atom is 0.149 e. The van der Waals surface area contributed by atoms with Crippen molar-refractivity contribution in [1.82, 2.24) is 0 Å². The van der Waals surface area contributed by atoms with Gasteiger partial charge in [-0.2, -0.15) is 0 Å². The van der Waals surface area contributed by atoms with Crippen LogP contribution in [-0.4, -0.2) is 26.2 Å². The summed E-state index contributed by atoms with van der Waals surface area (Å²) in [5.41, 5.74) is 0. The molecule has 2 nitrogen and oxygen atoms in total. The topological polar surface area (TPSA) is 13.7 Å². The van der Waals surface area contributed by atoms with Crippen LogP contribution in [0.4, 0.5) is 0 Å². The Labute approximate surface area is 108 Å². The van der Waals surface area contributed by atoms with Crippen molar-refractivity contribution < 1.29 is 9.64 Å². The summed E-state index contributed by atoms with van der Waals surface area (Å²) in [6.07, 6.45) is 2.69. The van der Waals surface area contributed by atoms with Gasteiger partial charge >= 0.3 is 0 Å². The van der Waals surface area contributed by atoms with Gasteiger partial charge in [0.1, 0.15) is 18.9 Å². The van der Waals surface area contributed by atoms with Crippen molar-refractivity contribution in [3.8, 4) is 17.6 Å². The molecule has 1 aliphatic rings. The van der Waals surface area contributed by atoms with Crippen LogP contribution >= 0.6 is 11.6 Å². The third-order valence-corrected chi connectivity index (χ3v) is 3.15. The second-order valence-electron chi connectivity index (χ2n) is 4.23. The Hall–Kier alpha value is -1.17. The molecular formula is C14H17ClNO+. The molecule has 0 amide bonds. The Kier molecular flexibility index (Phi) is 4.73. The minimum atomic E-state index is 0.453. The van der Waals surface area contributed by atoms with Crippen LogP contribution in [0.3, 0.4) is 0 Å². The van der Waals surface area contributed by atoms with Crippen LogP contribution < -0.4 is 9.64 Å². The summed E-state index contributed by atoms with van der Waals surface area (Å²) in [7, 11) is 0. The number of likely N-dealkylation sites (tertiary alicyclic amines) is 1. The number of rotatable bonds is 3. The number of halogens is 1. The Morgan fingerprint density at radius 1 is 1.12 bits per heavy atom. The molecular weight excluding hydrogens is 234 g/mol. The van der Waals surface area contributed by atoms with Crippen LogP contribution in [0.25, 0.3) is 0 Å². The maximum absolute atomic E-state index is 5.78. The Bertz CT molecular complexity index is 398. The molecule has 1 aliphatic heterocycles. The molecule has 0 aromatic heterocycles. The molecule has 0 unspecified atom stereocenters. The van der Waals surface area contributed by atoms with Gasteiger partial charge in [-0.05, 0) is 30.2 Å². The lowest BCUT2D eigenvalue weighted by atomic mass is 10.3. The van der Waals surface area contributed by atoms with E-state index in [4.69, 9.17) is 16.3 Å². The van der Waals surface area contributed by atoms with Gasteiger partial charge in [0, 0.05) is 17.9 Å². The first-order chi connectivity index (χ1) is 8.34. The number of quaternary nitrogens is 1. The molecule has 3 heteroatoms. The van der Waals surface area contributed by atoms with Crippen molar-refractivity contribution in [2.24, 2.45) is 0 Å². The predicted octanol–water partition coefficient (Wildman–Crippen LogP) is 1.40. The van der Waals surface area contributed by atoms with Crippen molar-refractivity contribution in [3.63, 3.8) is 0 Å². The van der Waals surface area contributed by atoms with Gasteiger partial charge in [-0.3, -0.25) is 0 Å². The lowest BCUT2D eigenvalue weighted by molar-refractivity contribution is -0.879. The second-order valence-corrected chi connectivity index (χ2v) is 4.67. The predicted molar refractivity (Wildman–Crippen MR) is 69.5 cm³/mol. The molecule has 0 atom stereocenters. The molecule has 2 rings (SSSR count). The molecule has 1 heterocycles. The zero-order valence-electron chi connectivity index (χ0n) is 9.84. The van der Waals surface area contributed by atoms with E-state index in [1.807, 2.05) is 24.3 Å². The Morgan fingerprint density at radius 3 is 2.53 bits per heavy atom. The normalized spacial score (nSPS) is 15.4. The average molecular weight is 251 g/mol. The molecule has 0 bridgehead atoms. The number of benzene rings is 1. The molecule has 1 saturated heterocycles. The summed E-state index contributed by atoms with van der Waals surface area (Å²) >= 11 is 5.78. The van der Waals surface area contributed by atoms with E-state index in [-0.39, 0.29) is 0 Å². The first kappa shape index (κ1) is 12.3. The quantitative estimate of drug-likeness (QED) is 0.801. The zero-order chi connectivity index (χ0) is 11.9. The summed E-state index contributed by atoms with van der Waals surface area (Å²) in [4.78, 5) is 1.60. The molecule has 17 heavy (non-hydrogen) atoms. The minimum absolute atomic E-state index is 0.453. The van der Waals surface area contributed by atoms with Crippen LogP contribution in [0.5, 0.6) is 5.75 Å². The van der Waals surface area contributed by atoms with E-state index in [9.17, 15) is 0 Å². The lowest BCUT2D eigenvalue weighted by Gasteiger charge is -2.06. The van der Waals surface area contributed by atoms with E-state index in [0.29, 0.717) is 6.61 Å². The average Bonchev–Trinajstić information content (AvgIpc) is 2.84. The van der Waals surface area contributed by atoms with Gasteiger partial charge in [0.2, 0.25) is 0 Å². The van der Waals surface area contributed by atoms with Gasteiger partial charge in [-0.15, -0.1) is 0 Å². The van der Waals surface area contributed by atoms with Crippen LogP contribution in [0.1, 0.15) is 12.8 Å². The van der Waals surface area contributed by atoms with Gasteiger partial charge in [0.15, 0.2) is 0 Å². The lowest BCUT2D eigenvalue weighted by Crippen LogP contribution is -3.09. The largest absolute Gasteiger partial charge is 0.481 e. The van der Waals surface area contributed by atoms with Crippen molar-refractivity contribution in [1.29, 1.82) is 0 Å². The van der Waals surface area contributed by atoms with E-state index in [0.717, 1.165) is 17.3 Å². The third-order valence-electron chi connectivity index (χ3n) is 2.90. The minimum Gasteiger partial charge on any atom is -0.481 e. The molecule has 90 valence electrons. The summed E-state index contributed by atoms with van der Waals surface area (Å²) in [5.74, 6) is 7.04. The smallest absolute Gasteiger partial charge is 0.149 e. The number of ether oxygens (including phenoxy) is 1. The molecule has 0 aliphatic carbocycles. The Morgan fingerprint density at radius 2 is 1.82 bits per heavy atom. The standard InChI is InChI=1S/C14H16ClNO/c15-13-5-7-14(8-6-13)17-12-4-3-11-16-9-1-2-10-16/h5-8H,1-2,9-12H2/p+1. The summed E-state index contributed by atoms with van der Waals surface area (Å²) in [6, 6.07) is 7.35. The molecule has 0 saturated carbocycles. The summed E-state index contributed by atoms with van der Waals surface area (Å²) in [6.45, 7) is 3.94. The van der Waals surface area contributed by atoms with Crippen molar-refractivity contribution in [2.45, 2.75) is 12.8 Å². The fourth-order valence-electron chi connectivity index (χ4n) is 1.94. The number of hydrogen-bond donors (Lipinski definition) is 1. The third kappa shape index (κ3) is 4.30. The Balaban J connectivity index is 1.68. The fourth-order valence-corrected chi connectivity index (χ4v) is 2.07. The first-order valence-electron chi connectivity index (χ1n) is 6.02. The molecule has 0 radical (unpaired) electrons. The number of hydrogen-bond acceptors (Lipinski definition) is 1. The fraction of sp³-hybridized carbons (Fsp3) is 0.429. The van der Waals surface area contributed by atoms with Crippen molar-refractivity contribution >= 4 is 11.6 Å². The molecule has 1 fully saturated rings. The van der Waals surface area contributed by atoms with E-state index in [1.165, 1.54) is 25.9 Å². The monoisotopic (exact) mass is 250 g/mol. The van der Waals surface area contributed by atoms with Crippen LogP contribution in [-0.2, 0) is 0 Å². The SMILES string of the molecule is Clc1ccc(OCC#CC[NH+]2CCCC2)cc1.